The number of amides is 1. The van der Waals surface area contributed by atoms with E-state index in [1.54, 1.807) is 7.05 Å². The molecule has 2 rings (SSSR count). The van der Waals surface area contributed by atoms with E-state index in [-0.39, 0.29) is 11.7 Å². The molecule has 1 aliphatic rings. The summed E-state index contributed by atoms with van der Waals surface area (Å²) in [5.74, 6) is -0.239. The highest BCUT2D eigenvalue weighted by Gasteiger charge is 2.44. The van der Waals surface area contributed by atoms with Gasteiger partial charge in [0.1, 0.15) is 5.82 Å². The zero-order valence-corrected chi connectivity index (χ0v) is 12.9. The van der Waals surface area contributed by atoms with E-state index in [1.165, 1.54) is 4.90 Å². The van der Waals surface area contributed by atoms with E-state index in [0.717, 1.165) is 10.8 Å². The molecule has 0 N–H and O–H groups in total. The number of halogens is 1. The van der Waals surface area contributed by atoms with Crippen LogP contribution in [0.15, 0.2) is 12.1 Å². The maximum absolute atomic E-state index is 14.7. The van der Waals surface area contributed by atoms with Crippen molar-refractivity contribution in [1.82, 2.24) is 0 Å². The molecule has 0 saturated carbocycles. The molecule has 1 aromatic carbocycles. The first-order chi connectivity index (χ1) is 8.08. The molecule has 0 fully saturated rings. The van der Waals surface area contributed by atoms with Crippen molar-refractivity contribution in [2.45, 2.75) is 38.9 Å². The number of carbonyl (C=O) groups excluding carboxylic acids is 1. The highest BCUT2D eigenvalue weighted by atomic mass is 28.3. The van der Waals surface area contributed by atoms with E-state index in [4.69, 9.17) is 0 Å². The highest BCUT2D eigenvalue weighted by Crippen LogP contribution is 2.41. The van der Waals surface area contributed by atoms with Crippen LogP contribution in [0.3, 0.4) is 0 Å². The number of carbonyl (C=O) groups is 1. The van der Waals surface area contributed by atoms with Gasteiger partial charge in [-0.15, -0.1) is 0 Å². The van der Waals surface area contributed by atoms with E-state index in [2.05, 4.69) is 19.6 Å². The van der Waals surface area contributed by atoms with Gasteiger partial charge in [-0.05, 0) is 24.6 Å². The largest absolute Gasteiger partial charge is 0.312 e. The number of hydrogen-bond acceptors (Lipinski definition) is 1. The second-order valence-corrected chi connectivity index (χ2v) is 11.6. The van der Waals surface area contributed by atoms with Gasteiger partial charge in [-0.2, -0.15) is 0 Å². The van der Waals surface area contributed by atoms with Gasteiger partial charge in [0, 0.05) is 7.05 Å². The van der Waals surface area contributed by atoms with Gasteiger partial charge in [0.05, 0.1) is 19.2 Å². The Morgan fingerprint density at radius 1 is 1.22 bits per heavy atom. The molecule has 4 heteroatoms. The average Bonchev–Trinajstić information content (AvgIpc) is 2.40. The third kappa shape index (κ3) is 1.62. The van der Waals surface area contributed by atoms with E-state index in [9.17, 15) is 9.18 Å². The number of hydrogen-bond donors (Lipinski definition) is 0. The van der Waals surface area contributed by atoms with Crippen LogP contribution in [-0.2, 0) is 10.2 Å². The van der Waals surface area contributed by atoms with Gasteiger partial charge in [-0.1, -0.05) is 31.8 Å². The molecular formula is C14H20FNOSi. The van der Waals surface area contributed by atoms with Crippen molar-refractivity contribution < 1.29 is 9.18 Å². The number of nitrogens with zero attached hydrogens (tertiary/aromatic N) is 1. The van der Waals surface area contributed by atoms with Crippen molar-refractivity contribution >= 4 is 24.9 Å². The fourth-order valence-electron chi connectivity index (χ4n) is 2.61. The maximum atomic E-state index is 14.7. The Bertz CT molecular complexity index is 531. The number of rotatable bonds is 1. The fraction of sp³-hybridized carbons (Fsp3) is 0.500. The molecule has 0 radical (unpaired) electrons. The Labute approximate surface area is 109 Å². The molecule has 2 nitrogen and oxygen atoms in total. The summed E-state index contributed by atoms with van der Waals surface area (Å²) < 4.78 is 14.7. The van der Waals surface area contributed by atoms with Crippen molar-refractivity contribution in [2.75, 3.05) is 11.9 Å². The number of anilines is 1. The van der Waals surface area contributed by atoms with Crippen LogP contribution >= 0.6 is 0 Å². The van der Waals surface area contributed by atoms with Gasteiger partial charge < -0.3 is 4.90 Å². The normalized spacial score (nSPS) is 18.2. The first-order valence-electron chi connectivity index (χ1n) is 6.20. The minimum absolute atomic E-state index is 0.0378. The predicted molar refractivity (Wildman–Crippen MR) is 75.8 cm³/mol. The molecule has 1 heterocycles. The van der Waals surface area contributed by atoms with Crippen LogP contribution in [-0.4, -0.2) is 21.0 Å². The number of fused-ring (bicyclic) bond motifs is 1. The molecule has 18 heavy (non-hydrogen) atoms. The van der Waals surface area contributed by atoms with Crippen LogP contribution in [0.2, 0.25) is 19.6 Å². The molecule has 0 aromatic heterocycles. The van der Waals surface area contributed by atoms with Gasteiger partial charge >= 0.3 is 0 Å². The monoisotopic (exact) mass is 265 g/mol. The van der Waals surface area contributed by atoms with Crippen molar-refractivity contribution in [1.29, 1.82) is 0 Å². The number of likely N-dealkylation sites (N-methyl/N-ethyl adjacent to an activating group) is 1. The Hall–Kier alpha value is -1.16. The molecule has 0 unspecified atom stereocenters. The van der Waals surface area contributed by atoms with Crippen molar-refractivity contribution in [3.63, 3.8) is 0 Å². The summed E-state index contributed by atoms with van der Waals surface area (Å²) in [6.07, 6.45) is 0. The first-order valence-corrected chi connectivity index (χ1v) is 9.70. The second-order valence-electron chi connectivity index (χ2n) is 6.56. The van der Waals surface area contributed by atoms with Gasteiger partial charge in [-0.25, -0.2) is 4.39 Å². The van der Waals surface area contributed by atoms with E-state index in [0.29, 0.717) is 5.69 Å². The summed E-state index contributed by atoms with van der Waals surface area (Å²) in [6.45, 7) is 10.0. The van der Waals surface area contributed by atoms with Gasteiger partial charge in [-0.3, -0.25) is 4.79 Å². The SMILES string of the molecule is CN1C(=O)C(C)(C)c2ccc([Si](C)(C)C)c(F)c21. The molecule has 1 amide bonds. The molecule has 98 valence electrons. The Morgan fingerprint density at radius 2 is 1.78 bits per heavy atom. The Morgan fingerprint density at radius 3 is 2.28 bits per heavy atom. The smallest absolute Gasteiger partial charge is 0.236 e. The molecular weight excluding hydrogens is 245 g/mol. The van der Waals surface area contributed by atoms with Crippen molar-refractivity contribution in [3.8, 4) is 0 Å². The lowest BCUT2D eigenvalue weighted by Gasteiger charge is -2.21. The van der Waals surface area contributed by atoms with Crippen LogP contribution in [0, 0.1) is 5.82 Å². The lowest BCUT2D eigenvalue weighted by Crippen LogP contribution is -2.40. The van der Waals surface area contributed by atoms with Crippen molar-refractivity contribution in [2.24, 2.45) is 0 Å². The zero-order valence-electron chi connectivity index (χ0n) is 11.9. The van der Waals surface area contributed by atoms with Gasteiger partial charge in [0.25, 0.3) is 0 Å². The van der Waals surface area contributed by atoms with Crippen LogP contribution in [0.1, 0.15) is 19.4 Å². The topological polar surface area (TPSA) is 20.3 Å². The second kappa shape index (κ2) is 3.67. The number of benzene rings is 1. The third-order valence-corrected chi connectivity index (χ3v) is 5.77. The minimum atomic E-state index is -1.73. The predicted octanol–water partition coefficient (Wildman–Crippen LogP) is 2.62. The molecule has 0 bridgehead atoms. The molecule has 0 aliphatic carbocycles. The molecule has 1 aromatic rings. The summed E-state index contributed by atoms with van der Waals surface area (Å²) in [5, 5.41) is 0.790. The Kier molecular flexibility index (Phi) is 2.70. The highest BCUT2D eigenvalue weighted by molar-refractivity contribution is 6.88. The first kappa shape index (κ1) is 13.3. The summed E-state index contributed by atoms with van der Waals surface area (Å²) in [7, 11) is -0.0719. The summed E-state index contributed by atoms with van der Waals surface area (Å²) in [4.78, 5) is 13.6. The van der Waals surface area contributed by atoms with E-state index >= 15 is 0 Å². The Balaban J connectivity index is 2.74. The standard InChI is InChI=1S/C14H20FNOSi/c1-14(2)9-7-8-10(18(4,5)6)11(15)12(9)16(3)13(14)17/h7-8H,1-6H3. The minimum Gasteiger partial charge on any atom is -0.312 e. The average molecular weight is 265 g/mol. The van der Waals surface area contributed by atoms with Gasteiger partial charge in [0.2, 0.25) is 5.91 Å². The summed E-state index contributed by atoms with van der Waals surface area (Å²) in [6, 6.07) is 3.79. The van der Waals surface area contributed by atoms with Crippen LogP contribution in [0.5, 0.6) is 0 Å². The fourth-order valence-corrected chi connectivity index (χ4v) is 3.97. The molecule has 1 aliphatic heterocycles. The van der Waals surface area contributed by atoms with E-state index < -0.39 is 13.5 Å². The zero-order chi connectivity index (χ0) is 13.9. The molecule has 0 saturated heterocycles. The van der Waals surface area contributed by atoms with Crippen molar-refractivity contribution in [3.05, 3.63) is 23.5 Å². The lowest BCUT2D eigenvalue weighted by molar-refractivity contribution is -0.121. The summed E-state index contributed by atoms with van der Waals surface area (Å²) in [5.41, 5.74) is 0.655. The van der Waals surface area contributed by atoms with Crippen LogP contribution in [0.4, 0.5) is 10.1 Å². The molecule has 0 atom stereocenters. The summed E-state index contributed by atoms with van der Waals surface area (Å²) >= 11 is 0. The van der Waals surface area contributed by atoms with E-state index in [1.807, 2.05) is 26.0 Å². The maximum Gasteiger partial charge on any atom is 0.236 e. The molecule has 0 spiro atoms. The van der Waals surface area contributed by atoms with Gasteiger partial charge in [0.15, 0.2) is 0 Å². The quantitative estimate of drug-likeness (QED) is 0.715. The van der Waals surface area contributed by atoms with Crippen LogP contribution < -0.4 is 10.1 Å². The van der Waals surface area contributed by atoms with Crippen LogP contribution in [0.25, 0.3) is 0 Å². The lowest BCUT2D eigenvalue weighted by atomic mass is 9.86. The third-order valence-electron chi connectivity index (χ3n) is 3.77.